The Morgan fingerprint density at radius 2 is 2.00 bits per heavy atom. The van der Waals surface area contributed by atoms with E-state index in [1.54, 1.807) is 7.05 Å². The Morgan fingerprint density at radius 1 is 1.35 bits per heavy atom. The molecule has 17 heavy (non-hydrogen) atoms. The van der Waals surface area contributed by atoms with Gasteiger partial charge in [0.25, 0.3) is 0 Å². The second-order valence-electron chi connectivity index (χ2n) is 5.29. The molecular weight excluding hydrogens is 216 g/mol. The van der Waals surface area contributed by atoms with Crippen molar-refractivity contribution in [3.05, 3.63) is 0 Å². The lowest BCUT2D eigenvalue weighted by Crippen LogP contribution is -2.54. The van der Waals surface area contributed by atoms with Crippen LogP contribution in [0.25, 0.3) is 0 Å². The predicted octanol–water partition coefficient (Wildman–Crippen LogP) is 1.16. The first-order valence-corrected chi connectivity index (χ1v) is 6.63. The van der Waals surface area contributed by atoms with Gasteiger partial charge in [0.1, 0.15) is 0 Å². The molecule has 2 aliphatic rings. The van der Waals surface area contributed by atoms with Gasteiger partial charge in [0.2, 0.25) is 11.8 Å². The summed E-state index contributed by atoms with van der Waals surface area (Å²) in [5.41, 5.74) is -0.273. The van der Waals surface area contributed by atoms with E-state index in [9.17, 15) is 9.59 Å². The number of nitrogens with zero attached hydrogens (tertiary/aromatic N) is 1. The molecule has 2 heterocycles. The van der Waals surface area contributed by atoms with E-state index in [1.807, 2.05) is 0 Å². The fourth-order valence-corrected chi connectivity index (χ4v) is 3.42. The van der Waals surface area contributed by atoms with E-state index in [4.69, 9.17) is 0 Å². The molecule has 2 saturated heterocycles. The average molecular weight is 238 g/mol. The van der Waals surface area contributed by atoms with Crippen LogP contribution in [0.5, 0.6) is 0 Å². The van der Waals surface area contributed by atoms with E-state index in [0.29, 0.717) is 12.3 Å². The highest BCUT2D eigenvalue weighted by molar-refractivity contribution is 6.00. The lowest BCUT2D eigenvalue weighted by molar-refractivity contribution is -0.160. The highest BCUT2D eigenvalue weighted by Gasteiger charge is 2.49. The summed E-state index contributed by atoms with van der Waals surface area (Å²) in [6.45, 7) is 4.08. The molecule has 96 valence electrons. The molecule has 2 amide bonds. The Morgan fingerprint density at radius 3 is 2.59 bits per heavy atom. The van der Waals surface area contributed by atoms with Gasteiger partial charge in [-0.3, -0.25) is 14.5 Å². The van der Waals surface area contributed by atoms with E-state index in [0.717, 1.165) is 38.8 Å². The summed E-state index contributed by atoms with van der Waals surface area (Å²) in [5.74, 6) is 0.480. The zero-order valence-electron chi connectivity index (χ0n) is 10.8. The van der Waals surface area contributed by atoms with Crippen molar-refractivity contribution in [3.63, 3.8) is 0 Å². The molecule has 0 bridgehead atoms. The van der Waals surface area contributed by atoms with Crippen LogP contribution in [0.3, 0.4) is 0 Å². The molecule has 0 spiro atoms. The first kappa shape index (κ1) is 12.6. The zero-order valence-corrected chi connectivity index (χ0v) is 10.8. The van der Waals surface area contributed by atoms with Crippen molar-refractivity contribution < 1.29 is 9.59 Å². The molecule has 0 aliphatic carbocycles. The van der Waals surface area contributed by atoms with Gasteiger partial charge in [-0.05, 0) is 44.7 Å². The predicted molar refractivity (Wildman–Crippen MR) is 65.3 cm³/mol. The van der Waals surface area contributed by atoms with Crippen LogP contribution in [0.15, 0.2) is 0 Å². The topological polar surface area (TPSA) is 49.4 Å². The number of piperidine rings is 2. The van der Waals surface area contributed by atoms with Gasteiger partial charge >= 0.3 is 0 Å². The molecule has 0 aromatic heterocycles. The molecule has 0 radical (unpaired) electrons. The summed E-state index contributed by atoms with van der Waals surface area (Å²) in [5, 5.41) is 3.34. The van der Waals surface area contributed by atoms with Crippen LogP contribution < -0.4 is 5.32 Å². The van der Waals surface area contributed by atoms with Crippen LogP contribution in [-0.4, -0.2) is 36.9 Å². The molecule has 4 nitrogen and oxygen atoms in total. The summed E-state index contributed by atoms with van der Waals surface area (Å²) in [7, 11) is 1.63. The van der Waals surface area contributed by atoms with E-state index in [1.165, 1.54) is 4.90 Å². The Kier molecular flexibility index (Phi) is 3.52. The normalized spacial score (nSPS) is 32.0. The van der Waals surface area contributed by atoms with Crippen molar-refractivity contribution in [3.8, 4) is 0 Å². The third kappa shape index (κ3) is 1.99. The van der Waals surface area contributed by atoms with Gasteiger partial charge in [-0.1, -0.05) is 6.92 Å². The number of hydrogen-bond donors (Lipinski definition) is 1. The van der Waals surface area contributed by atoms with Gasteiger partial charge in [-0.2, -0.15) is 0 Å². The summed E-state index contributed by atoms with van der Waals surface area (Å²) in [4.78, 5) is 25.4. The largest absolute Gasteiger partial charge is 0.317 e. The van der Waals surface area contributed by atoms with Gasteiger partial charge in [0.05, 0.1) is 5.41 Å². The van der Waals surface area contributed by atoms with E-state index >= 15 is 0 Å². The second kappa shape index (κ2) is 4.77. The summed E-state index contributed by atoms with van der Waals surface area (Å²) in [6, 6.07) is 0. The summed E-state index contributed by atoms with van der Waals surface area (Å²) >= 11 is 0. The summed E-state index contributed by atoms with van der Waals surface area (Å²) in [6.07, 6.45) is 4.24. The quantitative estimate of drug-likeness (QED) is 0.734. The molecule has 2 fully saturated rings. The lowest BCUT2D eigenvalue weighted by Gasteiger charge is -2.45. The Balaban J connectivity index is 2.23. The minimum atomic E-state index is -0.273. The van der Waals surface area contributed by atoms with Crippen molar-refractivity contribution in [1.29, 1.82) is 0 Å². The number of amides is 2. The van der Waals surface area contributed by atoms with E-state index < -0.39 is 0 Å². The molecule has 0 aromatic carbocycles. The number of imide groups is 1. The van der Waals surface area contributed by atoms with Crippen molar-refractivity contribution >= 4 is 11.8 Å². The average Bonchev–Trinajstić information content (AvgIpc) is 2.38. The van der Waals surface area contributed by atoms with E-state index in [2.05, 4.69) is 12.2 Å². The fraction of sp³-hybridized carbons (Fsp3) is 0.846. The van der Waals surface area contributed by atoms with Crippen LogP contribution in [0.2, 0.25) is 0 Å². The number of hydrogen-bond acceptors (Lipinski definition) is 3. The molecular formula is C13H22N2O2. The molecule has 1 N–H and O–H groups in total. The Labute approximate surface area is 103 Å². The minimum Gasteiger partial charge on any atom is -0.317 e. The zero-order chi connectivity index (χ0) is 12.5. The van der Waals surface area contributed by atoms with Crippen molar-refractivity contribution in [2.75, 3.05) is 20.1 Å². The van der Waals surface area contributed by atoms with Crippen LogP contribution in [-0.2, 0) is 9.59 Å². The van der Waals surface area contributed by atoms with Crippen molar-refractivity contribution in [1.82, 2.24) is 10.2 Å². The third-order valence-corrected chi connectivity index (χ3v) is 4.64. The van der Waals surface area contributed by atoms with E-state index in [-0.39, 0.29) is 17.2 Å². The van der Waals surface area contributed by atoms with Gasteiger partial charge in [0, 0.05) is 13.5 Å². The van der Waals surface area contributed by atoms with Gasteiger partial charge < -0.3 is 5.32 Å². The van der Waals surface area contributed by atoms with Gasteiger partial charge in [-0.15, -0.1) is 0 Å². The Bertz CT molecular complexity index is 323. The first-order valence-electron chi connectivity index (χ1n) is 6.63. The van der Waals surface area contributed by atoms with Crippen LogP contribution in [0.1, 0.15) is 39.0 Å². The van der Waals surface area contributed by atoms with Crippen molar-refractivity contribution in [2.24, 2.45) is 11.3 Å². The maximum absolute atomic E-state index is 12.5. The second-order valence-corrected chi connectivity index (χ2v) is 5.29. The highest BCUT2D eigenvalue weighted by atomic mass is 16.2. The highest BCUT2D eigenvalue weighted by Crippen LogP contribution is 2.45. The Hall–Kier alpha value is -0.900. The van der Waals surface area contributed by atoms with Crippen LogP contribution in [0.4, 0.5) is 0 Å². The minimum absolute atomic E-state index is 0.0204. The molecule has 1 atom stereocenters. The van der Waals surface area contributed by atoms with Crippen LogP contribution >= 0.6 is 0 Å². The number of nitrogens with one attached hydrogen (secondary N) is 1. The van der Waals surface area contributed by atoms with Crippen LogP contribution in [0, 0.1) is 11.3 Å². The maximum Gasteiger partial charge on any atom is 0.235 e. The van der Waals surface area contributed by atoms with Gasteiger partial charge in [0.15, 0.2) is 0 Å². The number of carbonyl (C=O) groups excluding carboxylic acids is 2. The third-order valence-electron chi connectivity index (χ3n) is 4.64. The SMILES string of the molecule is CCC1(C2CCNCC2)CCC(=O)N(C)C1=O. The smallest absolute Gasteiger partial charge is 0.235 e. The van der Waals surface area contributed by atoms with Gasteiger partial charge in [-0.25, -0.2) is 0 Å². The first-order chi connectivity index (χ1) is 8.12. The fourth-order valence-electron chi connectivity index (χ4n) is 3.42. The maximum atomic E-state index is 12.5. The monoisotopic (exact) mass is 238 g/mol. The number of likely N-dealkylation sites (tertiary alicyclic amines) is 1. The standard InChI is InChI=1S/C13H22N2O2/c1-3-13(10-5-8-14-9-6-10)7-4-11(16)15(2)12(13)17/h10,14H,3-9H2,1-2H3. The summed E-state index contributed by atoms with van der Waals surface area (Å²) < 4.78 is 0. The molecule has 1 unspecified atom stereocenters. The van der Waals surface area contributed by atoms with Crippen molar-refractivity contribution in [2.45, 2.75) is 39.0 Å². The molecule has 0 aromatic rings. The molecule has 2 aliphatic heterocycles. The molecule has 0 saturated carbocycles. The number of rotatable bonds is 2. The molecule has 2 rings (SSSR count). The lowest BCUT2D eigenvalue weighted by atomic mass is 9.64. The number of carbonyl (C=O) groups is 2. The molecule has 4 heteroatoms.